The van der Waals surface area contributed by atoms with Crippen molar-refractivity contribution in [2.24, 2.45) is 4.99 Å². The summed E-state index contributed by atoms with van der Waals surface area (Å²) >= 11 is 0. The van der Waals surface area contributed by atoms with Crippen molar-refractivity contribution >= 4 is 29.9 Å². The minimum absolute atomic E-state index is 0. The highest BCUT2D eigenvalue weighted by Gasteiger charge is 2.10. The lowest BCUT2D eigenvalue weighted by atomic mass is 10.1. The standard InChI is InChI=1S/C17H22FN3O2.HI/c1-3-19-17(21-11-15(22)16-5-4-8-23-16)20-10-13-7-6-12(2)14(18)9-13;/h4-9,15,22H,3,10-11H2,1-2H3,(H2,19,20,21);1H. The number of aliphatic hydroxyl groups is 1. The second-order valence-electron chi connectivity index (χ2n) is 5.19. The fourth-order valence-corrected chi connectivity index (χ4v) is 2.02. The molecular formula is C17H23FIN3O2. The minimum Gasteiger partial charge on any atom is -0.467 e. The molecular weight excluding hydrogens is 424 g/mol. The molecule has 132 valence electrons. The zero-order valence-electron chi connectivity index (χ0n) is 13.8. The van der Waals surface area contributed by atoms with Crippen LogP contribution in [0.15, 0.2) is 46.0 Å². The molecule has 0 bridgehead atoms. The Hall–Kier alpha value is -1.61. The number of hydrogen-bond acceptors (Lipinski definition) is 3. The quantitative estimate of drug-likeness (QED) is 0.362. The van der Waals surface area contributed by atoms with Gasteiger partial charge in [0.2, 0.25) is 0 Å². The largest absolute Gasteiger partial charge is 0.467 e. The van der Waals surface area contributed by atoms with Gasteiger partial charge in [0.25, 0.3) is 0 Å². The van der Waals surface area contributed by atoms with Crippen LogP contribution in [0, 0.1) is 12.7 Å². The van der Waals surface area contributed by atoms with Crippen LogP contribution < -0.4 is 10.6 Å². The van der Waals surface area contributed by atoms with E-state index in [4.69, 9.17) is 4.42 Å². The molecule has 1 aromatic heterocycles. The zero-order valence-corrected chi connectivity index (χ0v) is 16.1. The molecule has 7 heteroatoms. The van der Waals surface area contributed by atoms with Gasteiger partial charge >= 0.3 is 0 Å². The predicted molar refractivity (Wildman–Crippen MR) is 103 cm³/mol. The molecule has 0 fully saturated rings. The molecule has 0 spiro atoms. The number of furan rings is 1. The number of rotatable bonds is 6. The molecule has 3 N–H and O–H groups in total. The summed E-state index contributed by atoms with van der Waals surface area (Å²) in [4.78, 5) is 4.39. The number of nitrogens with zero attached hydrogens (tertiary/aromatic N) is 1. The van der Waals surface area contributed by atoms with Gasteiger partial charge in [0.15, 0.2) is 5.96 Å². The van der Waals surface area contributed by atoms with E-state index in [0.717, 1.165) is 5.56 Å². The minimum atomic E-state index is -0.759. The lowest BCUT2D eigenvalue weighted by Gasteiger charge is -2.14. The summed E-state index contributed by atoms with van der Waals surface area (Å²) in [6, 6.07) is 8.51. The Morgan fingerprint density at radius 1 is 1.33 bits per heavy atom. The third-order valence-corrected chi connectivity index (χ3v) is 3.33. The second kappa shape index (κ2) is 10.3. The van der Waals surface area contributed by atoms with Gasteiger partial charge in [0, 0.05) is 6.54 Å². The molecule has 0 aliphatic carbocycles. The van der Waals surface area contributed by atoms with E-state index in [9.17, 15) is 9.50 Å². The maximum Gasteiger partial charge on any atom is 0.191 e. The van der Waals surface area contributed by atoms with E-state index in [1.165, 1.54) is 12.3 Å². The molecule has 0 radical (unpaired) electrons. The number of halogens is 2. The molecule has 2 aromatic rings. The average molecular weight is 447 g/mol. The highest BCUT2D eigenvalue weighted by Crippen LogP contribution is 2.12. The van der Waals surface area contributed by atoms with E-state index < -0.39 is 6.10 Å². The van der Waals surface area contributed by atoms with E-state index in [1.54, 1.807) is 25.1 Å². The van der Waals surface area contributed by atoms with Gasteiger partial charge in [-0.05, 0) is 43.2 Å². The van der Waals surface area contributed by atoms with Gasteiger partial charge in [-0.1, -0.05) is 12.1 Å². The van der Waals surface area contributed by atoms with Gasteiger partial charge in [-0.25, -0.2) is 9.38 Å². The zero-order chi connectivity index (χ0) is 16.7. The molecule has 0 aliphatic rings. The van der Waals surface area contributed by atoms with Gasteiger partial charge in [-0.15, -0.1) is 24.0 Å². The van der Waals surface area contributed by atoms with Crippen LogP contribution in [0.5, 0.6) is 0 Å². The Kier molecular flexibility index (Phi) is 8.77. The van der Waals surface area contributed by atoms with Crippen LogP contribution in [-0.2, 0) is 6.54 Å². The molecule has 2 rings (SSSR count). The van der Waals surface area contributed by atoms with Crippen molar-refractivity contribution < 1.29 is 13.9 Å². The summed E-state index contributed by atoms with van der Waals surface area (Å²) in [5.41, 5.74) is 1.40. The molecule has 0 amide bonds. The number of aliphatic imine (C=N–C) groups is 1. The Morgan fingerprint density at radius 2 is 2.12 bits per heavy atom. The summed E-state index contributed by atoms with van der Waals surface area (Å²) in [6.45, 7) is 4.98. The number of aliphatic hydroxyl groups excluding tert-OH is 1. The van der Waals surface area contributed by atoms with Crippen LogP contribution in [0.3, 0.4) is 0 Å². The Balaban J connectivity index is 0.00000288. The summed E-state index contributed by atoms with van der Waals surface area (Å²) in [5, 5.41) is 16.1. The van der Waals surface area contributed by atoms with Crippen molar-refractivity contribution in [3.63, 3.8) is 0 Å². The normalized spacial score (nSPS) is 12.4. The van der Waals surface area contributed by atoms with Crippen molar-refractivity contribution in [1.29, 1.82) is 0 Å². The Bertz CT molecular complexity index is 647. The number of nitrogens with one attached hydrogen (secondary N) is 2. The fourth-order valence-electron chi connectivity index (χ4n) is 2.02. The molecule has 0 saturated heterocycles. The van der Waals surface area contributed by atoms with Crippen LogP contribution in [-0.4, -0.2) is 24.2 Å². The summed E-state index contributed by atoms with van der Waals surface area (Å²) in [6.07, 6.45) is 0.759. The molecule has 0 saturated carbocycles. The van der Waals surface area contributed by atoms with Crippen molar-refractivity contribution in [1.82, 2.24) is 10.6 Å². The van der Waals surface area contributed by atoms with Crippen LogP contribution in [0.1, 0.15) is 29.9 Å². The average Bonchev–Trinajstić information content (AvgIpc) is 3.07. The highest BCUT2D eigenvalue weighted by molar-refractivity contribution is 14.0. The lowest BCUT2D eigenvalue weighted by Crippen LogP contribution is -2.39. The van der Waals surface area contributed by atoms with Gasteiger partial charge in [-0.2, -0.15) is 0 Å². The smallest absolute Gasteiger partial charge is 0.191 e. The first-order valence-corrected chi connectivity index (χ1v) is 7.58. The van der Waals surface area contributed by atoms with E-state index >= 15 is 0 Å². The Labute approximate surface area is 158 Å². The number of aryl methyl sites for hydroxylation is 1. The fraction of sp³-hybridized carbons (Fsp3) is 0.353. The number of benzene rings is 1. The van der Waals surface area contributed by atoms with Crippen LogP contribution in [0.25, 0.3) is 0 Å². The van der Waals surface area contributed by atoms with Crippen LogP contribution in [0.2, 0.25) is 0 Å². The van der Waals surface area contributed by atoms with Crippen molar-refractivity contribution in [3.8, 4) is 0 Å². The number of guanidine groups is 1. The predicted octanol–water partition coefficient (Wildman–Crippen LogP) is 3.13. The summed E-state index contributed by atoms with van der Waals surface area (Å²) < 4.78 is 18.7. The molecule has 1 aromatic carbocycles. The molecule has 1 unspecified atom stereocenters. The lowest BCUT2D eigenvalue weighted by molar-refractivity contribution is 0.153. The SMILES string of the molecule is CCNC(=NCc1ccc(C)c(F)c1)NCC(O)c1ccco1.I. The molecule has 1 heterocycles. The van der Waals surface area contributed by atoms with Crippen molar-refractivity contribution in [3.05, 3.63) is 59.3 Å². The van der Waals surface area contributed by atoms with Crippen LogP contribution >= 0.6 is 24.0 Å². The second-order valence-corrected chi connectivity index (χ2v) is 5.19. The van der Waals surface area contributed by atoms with Gasteiger partial charge < -0.3 is 20.2 Å². The third-order valence-electron chi connectivity index (χ3n) is 3.33. The summed E-state index contributed by atoms with van der Waals surface area (Å²) in [7, 11) is 0. The molecule has 5 nitrogen and oxygen atoms in total. The number of hydrogen-bond donors (Lipinski definition) is 3. The third kappa shape index (κ3) is 6.12. The maximum atomic E-state index is 13.5. The monoisotopic (exact) mass is 447 g/mol. The topological polar surface area (TPSA) is 69.8 Å². The first kappa shape index (κ1) is 20.4. The summed E-state index contributed by atoms with van der Waals surface area (Å²) in [5.74, 6) is 0.817. The molecule has 0 aliphatic heterocycles. The van der Waals surface area contributed by atoms with E-state index in [2.05, 4.69) is 15.6 Å². The van der Waals surface area contributed by atoms with Crippen LogP contribution in [0.4, 0.5) is 4.39 Å². The molecule has 1 atom stereocenters. The Morgan fingerprint density at radius 3 is 2.75 bits per heavy atom. The first-order chi connectivity index (χ1) is 11.1. The van der Waals surface area contributed by atoms with Crippen molar-refractivity contribution in [2.75, 3.05) is 13.1 Å². The maximum absolute atomic E-state index is 13.5. The first-order valence-electron chi connectivity index (χ1n) is 7.58. The van der Waals surface area contributed by atoms with E-state index in [-0.39, 0.29) is 36.3 Å². The van der Waals surface area contributed by atoms with E-state index in [0.29, 0.717) is 30.4 Å². The van der Waals surface area contributed by atoms with Gasteiger partial charge in [0.05, 0.1) is 19.4 Å². The van der Waals surface area contributed by atoms with Gasteiger partial charge in [-0.3, -0.25) is 0 Å². The molecule has 24 heavy (non-hydrogen) atoms. The van der Waals surface area contributed by atoms with E-state index in [1.807, 2.05) is 13.0 Å². The van der Waals surface area contributed by atoms with Gasteiger partial charge in [0.1, 0.15) is 17.7 Å². The van der Waals surface area contributed by atoms with Crippen molar-refractivity contribution in [2.45, 2.75) is 26.5 Å². The highest BCUT2D eigenvalue weighted by atomic mass is 127.